The van der Waals surface area contributed by atoms with Crippen LogP contribution < -0.4 is 0 Å². The fourth-order valence-electron chi connectivity index (χ4n) is 3.48. The summed E-state index contributed by atoms with van der Waals surface area (Å²) in [5.74, 6) is 1.13. The van der Waals surface area contributed by atoms with Crippen LogP contribution in [0.15, 0.2) is 53.8 Å². The summed E-state index contributed by atoms with van der Waals surface area (Å²) in [7, 11) is 0. The van der Waals surface area contributed by atoms with Crippen LogP contribution in [0.3, 0.4) is 0 Å². The first-order valence-electron chi connectivity index (χ1n) is 9.77. The van der Waals surface area contributed by atoms with Crippen LogP contribution in [0.5, 0.6) is 11.5 Å². The smallest absolute Gasteiger partial charge is 0.167 e. The lowest BCUT2D eigenvalue weighted by molar-refractivity contribution is 0.429. The van der Waals surface area contributed by atoms with Gasteiger partial charge < -0.3 is 15.3 Å². The number of aliphatic hydroxyl groups excluding tert-OH is 1. The molecule has 0 amide bonds. The molecule has 2 aromatic carbocycles. The third-order valence-electron chi connectivity index (χ3n) is 5.16. The molecule has 0 atom stereocenters. The van der Waals surface area contributed by atoms with Gasteiger partial charge in [-0.15, -0.1) is 0 Å². The Morgan fingerprint density at radius 3 is 1.63 bits per heavy atom. The van der Waals surface area contributed by atoms with Crippen LogP contribution in [0.2, 0.25) is 0 Å². The van der Waals surface area contributed by atoms with Crippen LogP contribution >= 0.6 is 0 Å². The molecule has 0 aliphatic heterocycles. The first kappa shape index (κ1) is 19.6. The summed E-state index contributed by atoms with van der Waals surface area (Å²) in [5, 5.41) is 31.4. The molecule has 3 aromatic rings. The van der Waals surface area contributed by atoms with Crippen molar-refractivity contribution < 1.29 is 15.3 Å². The molecule has 0 saturated heterocycles. The molecular formula is C24H23N3O3. The van der Waals surface area contributed by atoms with E-state index in [-0.39, 0.29) is 28.9 Å². The Kier molecular flexibility index (Phi) is 4.99. The van der Waals surface area contributed by atoms with Crippen molar-refractivity contribution in [3.05, 3.63) is 70.8 Å². The van der Waals surface area contributed by atoms with Crippen LogP contribution in [0.1, 0.15) is 36.7 Å². The van der Waals surface area contributed by atoms with Crippen molar-refractivity contribution >= 4 is 5.57 Å². The molecule has 6 heteroatoms. The highest BCUT2D eigenvalue weighted by Crippen LogP contribution is 2.35. The van der Waals surface area contributed by atoms with Crippen LogP contribution in [0.25, 0.3) is 28.3 Å². The van der Waals surface area contributed by atoms with Gasteiger partial charge in [-0.3, -0.25) is 0 Å². The molecule has 0 bridgehead atoms. The first-order chi connectivity index (χ1) is 14.3. The highest BCUT2D eigenvalue weighted by molar-refractivity contribution is 5.73. The minimum Gasteiger partial charge on any atom is -0.508 e. The molecule has 4 rings (SSSR count). The quantitative estimate of drug-likeness (QED) is 0.555. The van der Waals surface area contributed by atoms with E-state index in [0.29, 0.717) is 28.9 Å². The predicted molar refractivity (Wildman–Crippen MR) is 116 cm³/mol. The fourth-order valence-corrected chi connectivity index (χ4v) is 3.48. The van der Waals surface area contributed by atoms with Gasteiger partial charge in [0, 0.05) is 5.57 Å². The van der Waals surface area contributed by atoms with Crippen molar-refractivity contribution in [2.75, 3.05) is 0 Å². The van der Waals surface area contributed by atoms with Crippen LogP contribution in [0.4, 0.5) is 0 Å². The van der Waals surface area contributed by atoms with Crippen LogP contribution in [-0.2, 0) is 0 Å². The Morgan fingerprint density at radius 2 is 1.17 bits per heavy atom. The zero-order valence-electron chi connectivity index (χ0n) is 17.1. The molecule has 1 aliphatic carbocycles. The number of rotatable bonds is 3. The van der Waals surface area contributed by atoms with Gasteiger partial charge in [-0.2, -0.15) is 0 Å². The molecule has 1 heterocycles. The van der Waals surface area contributed by atoms with Gasteiger partial charge in [0.15, 0.2) is 17.5 Å². The van der Waals surface area contributed by atoms with Gasteiger partial charge >= 0.3 is 0 Å². The average molecular weight is 401 g/mol. The number of allylic oxidation sites excluding steroid dienone is 3. The lowest BCUT2D eigenvalue weighted by Gasteiger charge is -2.16. The zero-order chi connectivity index (χ0) is 21.4. The molecule has 0 fully saturated rings. The van der Waals surface area contributed by atoms with Gasteiger partial charge in [0.25, 0.3) is 0 Å². The summed E-state index contributed by atoms with van der Waals surface area (Å²) in [6.07, 6.45) is 3.10. The van der Waals surface area contributed by atoms with Crippen molar-refractivity contribution in [2.45, 2.75) is 33.6 Å². The minimum absolute atomic E-state index is 0.0591. The average Bonchev–Trinajstić information content (AvgIpc) is 2.67. The number of aromatic nitrogens is 3. The van der Waals surface area contributed by atoms with Crippen molar-refractivity contribution in [3.63, 3.8) is 0 Å². The maximum Gasteiger partial charge on any atom is 0.167 e. The summed E-state index contributed by atoms with van der Waals surface area (Å²) >= 11 is 0. The summed E-state index contributed by atoms with van der Waals surface area (Å²) in [4.78, 5) is 13.6. The number of hydrogen-bond acceptors (Lipinski definition) is 6. The largest absolute Gasteiger partial charge is 0.508 e. The maximum atomic E-state index is 10.5. The van der Waals surface area contributed by atoms with Crippen molar-refractivity contribution in [1.82, 2.24) is 15.0 Å². The number of aromatic hydroxyl groups is 2. The Hall–Kier alpha value is -3.67. The molecule has 3 N–H and O–H groups in total. The SMILES string of the molecule is CC1=CC(O)=C(c2nc(-c3ccc(C)cc3O)nc(-c3ccc(C)cc3O)n2)CC1. The third-order valence-corrected chi connectivity index (χ3v) is 5.16. The summed E-state index contributed by atoms with van der Waals surface area (Å²) in [6, 6.07) is 10.5. The fraction of sp³-hybridized carbons (Fsp3) is 0.208. The van der Waals surface area contributed by atoms with Gasteiger partial charge in [0.05, 0.1) is 11.1 Å². The molecule has 0 unspecified atom stereocenters. The molecule has 0 saturated carbocycles. The van der Waals surface area contributed by atoms with Crippen LogP contribution in [0, 0.1) is 13.8 Å². The highest BCUT2D eigenvalue weighted by atomic mass is 16.3. The summed E-state index contributed by atoms with van der Waals surface area (Å²) < 4.78 is 0. The molecule has 30 heavy (non-hydrogen) atoms. The number of aliphatic hydroxyl groups is 1. The molecule has 0 radical (unpaired) electrons. The number of benzene rings is 2. The topological polar surface area (TPSA) is 99.4 Å². The maximum absolute atomic E-state index is 10.5. The number of hydrogen-bond donors (Lipinski definition) is 3. The Morgan fingerprint density at radius 1 is 0.667 bits per heavy atom. The van der Waals surface area contributed by atoms with E-state index in [1.807, 2.05) is 32.9 Å². The van der Waals surface area contributed by atoms with Gasteiger partial charge in [-0.05, 0) is 75.1 Å². The second-order valence-electron chi connectivity index (χ2n) is 7.70. The number of nitrogens with zero attached hydrogens (tertiary/aromatic N) is 3. The molecule has 6 nitrogen and oxygen atoms in total. The number of phenolic OH excluding ortho intramolecular Hbond substituents is 2. The normalized spacial score (nSPS) is 14.0. The summed E-state index contributed by atoms with van der Waals surface area (Å²) in [5.41, 5.74) is 4.44. The second-order valence-corrected chi connectivity index (χ2v) is 7.70. The zero-order valence-corrected chi connectivity index (χ0v) is 17.1. The Balaban J connectivity index is 1.96. The molecular weight excluding hydrogens is 378 g/mol. The van der Waals surface area contributed by atoms with E-state index < -0.39 is 0 Å². The second kappa shape index (κ2) is 7.63. The molecule has 1 aliphatic rings. The minimum atomic E-state index is 0.0591. The predicted octanol–water partition coefficient (Wildman–Crippen LogP) is 5.24. The van der Waals surface area contributed by atoms with E-state index >= 15 is 0 Å². The van der Waals surface area contributed by atoms with Crippen molar-refractivity contribution in [3.8, 4) is 34.3 Å². The number of phenols is 2. The molecule has 152 valence electrons. The molecule has 1 aromatic heterocycles. The van der Waals surface area contributed by atoms with Crippen molar-refractivity contribution in [1.29, 1.82) is 0 Å². The molecule has 0 spiro atoms. The van der Waals surface area contributed by atoms with Crippen molar-refractivity contribution in [2.24, 2.45) is 0 Å². The third kappa shape index (κ3) is 3.76. The lowest BCUT2D eigenvalue weighted by atomic mass is 9.97. The van der Waals surface area contributed by atoms with Gasteiger partial charge in [0.1, 0.15) is 17.3 Å². The Bertz CT molecular complexity index is 1140. The van der Waals surface area contributed by atoms with E-state index in [1.54, 1.807) is 30.3 Å². The van der Waals surface area contributed by atoms with E-state index in [1.165, 1.54) is 0 Å². The van der Waals surface area contributed by atoms with Gasteiger partial charge in [-0.25, -0.2) is 15.0 Å². The van der Waals surface area contributed by atoms with Crippen LogP contribution in [-0.4, -0.2) is 30.3 Å². The van der Waals surface area contributed by atoms with E-state index in [4.69, 9.17) is 0 Å². The first-order valence-corrected chi connectivity index (χ1v) is 9.77. The standard InChI is InChI=1S/C24H23N3O3/c1-13-4-7-16(19(28)10-13)22-25-23(17-8-5-14(2)11-20(17)29)27-24(26-22)18-9-6-15(3)12-21(18)30/h4-5,7-8,10-12,28-30H,6,9H2,1-3H3. The Labute approximate surface area is 174 Å². The number of aryl methyl sites for hydroxylation is 2. The van der Waals surface area contributed by atoms with E-state index in [0.717, 1.165) is 23.1 Å². The monoisotopic (exact) mass is 401 g/mol. The summed E-state index contributed by atoms with van der Waals surface area (Å²) in [6.45, 7) is 5.74. The lowest BCUT2D eigenvalue weighted by Crippen LogP contribution is -2.06. The van der Waals surface area contributed by atoms with E-state index in [9.17, 15) is 15.3 Å². The van der Waals surface area contributed by atoms with Gasteiger partial charge in [-0.1, -0.05) is 17.7 Å². The highest BCUT2D eigenvalue weighted by Gasteiger charge is 2.21. The van der Waals surface area contributed by atoms with Gasteiger partial charge in [0.2, 0.25) is 0 Å². The van der Waals surface area contributed by atoms with E-state index in [2.05, 4.69) is 15.0 Å².